The first-order chi connectivity index (χ1) is 13.1. The summed E-state index contributed by atoms with van der Waals surface area (Å²) < 4.78 is 1.88. The number of aryl methyl sites for hydroxylation is 2. The summed E-state index contributed by atoms with van der Waals surface area (Å²) >= 11 is 0. The fourth-order valence-corrected chi connectivity index (χ4v) is 3.98. The van der Waals surface area contributed by atoms with Gasteiger partial charge in [-0.1, -0.05) is 6.07 Å². The summed E-state index contributed by atoms with van der Waals surface area (Å²) in [7, 11) is 1.94. The second-order valence-corrected chi connectivity index (χ2v) is 7.07. The van der Waals surface area contributed by atoms with Crippen molar-refractivity contribution in [2.24, 2.45) is 7.05 Å². The molecular weight excluding hydrogens is 340 g/mol. The number of hydrogen-bond donors (Lipinski definition) is 1. The predicted molar refractivity (Wildman–Crippen MR) is 101 cm³/mol. The van der Waals surface area contributed by atoms with E-state index in [0.29, 0.717) is 19.4 Å². The van der Waals surface area contributed by atoms with Crippen molar-refractivity contribution >= 4 is 5.91 Å². The normalized spacial score (nSPS) is 16.4. The lowest BCUT2D eigenvalue weighted by molar-refractivity contribution is -0.133. The average Bonchev–Trinajstić information content (AvgIpc) is 3.24. The molecule has 0 spiro atoms. The average molecular weight is 364 g/mol. The van der Waals surface area contributed by atoms with Gasteiger partial charge < -0.3 is 9.88 Å². The van der Waals surface area contributed by atoms with E-state index in [2.05, 4.69) is 27.0 Å². The Balaban J connectivity index is 1.59. The Morgan fingerprint density at radius 1 is 1.37 bits per heavy atom. The number of fused-ring (bicyclic) bond motifs is 1. The van der Waals surface area contributed by atoms with Crippen molar-refractivity contribution in [1.82, 2.24) is 29.6 Å². The number of pyridine rings is 1. The highest BCUT2D eigenvalue weighted by molar-refractivity contribution is 5.78. The fourth-order valence-electron chi connectivity index (χ4n) is 3.98. The SMILES string of the molecule is Cc1nn(C)c(C)c1CCC(=O)N1CCc2[nH]cnc2C1c1cccnc1. The number of nitrogens with one attached hydrogen (secondary N) is 1. The van der Waals surface area contributed by atoms with Crippen LogP contribution in [0.2, 0.25) is 0 Å². The molecule has 4 rings (SSSR count). The second-order valence-electron chi connectivity index (χ2n) is 7.07. The zero-order valence-electron chi connectivity index (χ0n) is 15.9. The highest BCUT2D eigenvalue weighted by Gasteiger charge is 2.34. The van der Waals surface area contributed by atoms with Crippen LogP contribution in [-0.2, 0) is 24.7 Å². The summed E-state index contributed by atoms with van der Waals surface area (Å²) in [4.78, 5) is 27.1. The van der Waals surface area contributed by atoms with Gasteiger partial charge >= 0.3 is 0 Å². The molecule has 0 saturated heterocycles. The topological polar surface area (TPSA) is 79.7 Å². The van der Waals surface area contributed by atoms with E-state index in [1.54, 1.807) is 12.5 Å². The largest absolute Gasteiger partial charge is 0.348 e. The van der Waals surface area contributed by atoms with Gasteiger partial charge in [-0.25, -0.2) is 4.98 Å². The van der Waals surface area contributed by atoms with Crippen LogP contribution in [0.4, 0.5) is 0 Å². The summed E-state index contributed by atoms with van der Waals surface area (Å²) in [5, 5.41) is 4.46. The lowest BCUT2D eigenvalue weighted by Crippen LogP contribution is -2.41. The van der Waals surface area contributed by atoms with Gasteiger partial charge in [-0.3, -0.25) is 14.5 Å². The molecule has 7 heteroatoms. The van der Waals surface area contributed by atoms with Gasteiger partial charge in [-0.2, -0.15) is 5.10 Å². The van der Waals surface area contributed by atoms with E-state index in [0.717, 1.165) is 34.8 Å². The Labute approximate surface area is 158 Å². The number of aromatic amines is 1. The van der Waals surface area contributed by atoms with Gasteiger partial charge in [0.25, 0.3) is 0 Å². The third-order valence-corrected chi connectivity index (χ3v) is 5.49. The fraction of sp³-hybridized carbons (Fsp3) is 0.400. The van der Waals surface area contributed by atoms with Crippen LogP contribution < -0.4 is 0 Å². The van der Waals surface area contributed by atoms with E-state index in [1.807, 2.05) is 41.9 Å². The molecule has 3 aromatic heterocycles. The van der Waals surface area contributed by atoms with Crippen molar-refractivity contribution in [3.8, 4) is 0 Å². The van der Waals surface area contributed by atoms with Gasteiger partial charge in [0.05, 0.1) is 17.7 Å². The van der Waals surface area contributed by atoms with Crippen LogP contribution in [0.5, 0.6) is 0 Å². The number of nitrogens with zero attached hydrogens (tertiary/aromatic N) is 5. The van der Waals surface area contributed by atoms with E-state index in [9.17, 15) is 4.79 Å². The van der Waals surface area contributed by atoms with Gasteiger partial charge in [-0.05, 0) is 37.5 Å². The first-order valence-electron chi connectivity index (χ1n) is 9.27. The number of H-pyrrole nitrogens is 1. The van der Waals surface area contributed by atoms with Gasteiger partial charge in [0.1, 0.15) is 6.04 Å². The molecule has 0 aliphatic carbocycles. The standard InChI is InChI=1S/C20H24N6O/c1-13-16(14(2)25(3)24-13)6-7-18(27)26-10-8-17-19(23-12-22-17)20(26)15-5-4-9-21-11-15/h4-5,9,11-12,20H,6-8,10H2,1-3H3,(H,22,23). The Kier molecular flexibility index (Phi) is 4.51. The molecule has 1 atom stereocenters. The second kappa shape index (κ2) is 6.98. The molecule has 27 heavy (non-hydrogen) atoms. The Bertz CT molecular complexity index is 958. The van der Waals surface area contributed by atoms with Gasteiger partial charge in [0.15, 0.2) is 0 Å². The molecule has 1 aliphatic rings. The van der Waals surface area contributed by atoms with Crippen LogP contribution in [0.3, 0.4) is 0 Å². The highest BCUT2D eigenvalue weighted by atomic mass is 16.2. The van der Waals surface area contributed by atoms with Crippen LogP contribution in [0.1, 0.15) is 46.4 Å². The van der Waals surface area contributed by atoms with Crippen LogP contribution in [0.15, 0.2) is 30.9 Å². The number of rotatable bonds is 4. The third kappa shape index (κ3) is 3.13. The monoisotopic (exact) mass is 364 g/mol. The van der Waals surface area contributed by atoms with Gasteiger partial charge in [0, 0.05) is 50.2 Å². The predicted octanol–water partition coefficient (Wildman–Crippen LogP) is 2.26. The lowest BCUT2D eigenvalue weighted by Gasteiger charge is -2.35. The maximum atomic E-state index is 13.2. The number of amides is 1. The van der Waals surface area contributed by atoms with Crippen LogP contribution in [-0.4, -0.2) is 42.1 Å². The summed E-state index contributed by atoms with van der Waals surface area (Å²) in [6, 6.07) is 3.73. The van der Waals surface area contributed by atoms with Gasteiger partial charge in [0.2, 0.25) is 5.91 Å². The molecule has 4 heterocycles. The third-order valence-electron chi connectivity index (χ3n) is 5.49. The summed E-state index contributed by atoms with van der Waals surface area (Å²) in [5.41, 5.74) is 6.31. The van der Waals surface area contributed by atoms with Crippen molar-refractivity contribution in [3.63, 3.8) is 0 Å². The minimum Gasteiger partial charge on any atom is -0.348 e. The molecule has 0 saturated carbocycles. The molecule has 1 unspecified atom stereocenters. The smallest absolute Gasteiger partial charge is 0.223 e. The molecule has 0 radical (unpaired) electrons. The van der Waals surface area contributed by atoms with E-state index >= 15 is 0 Å². The van der Waals surface area contributed by atoms with Crippen molar-refractivity contribution in [3.05, 3.63) is 64.8 Å². The van der Waals surface area contributed by atoms with Gasteiger partial charge in [-0.15, -0.1) is 0 Å². The Morgan fingerprint density at radius 3 is 2.93 bits per heavy atom. The molecule has 1 amide bonds. The molecule has 0 bridgehead atoms. The van der Waals surface area contributed by atoms with Crippen LogP contribution in [0, 0.1) is 13.8 Å². The quantitative estimate of drug-likeness (QED) is 0.770. The minimum atomic E-state index is -0.183. The molecule has 1 aliphatic heterocycles. The maximum Gasteiger partial charge on any atom is 0.223 e. The molecule has 7 nitrogen and oxygen atoms in total. The number of hydrogen-bond acceptors (Lipinski definition) is 4. The molecule has 0 fully saturated rings. The van der Waals surface area contributed by atoms with Crippen molar-refractivity contribution < 1.29 is 4.79 Å². The Hall–Kier alpha value is -2.96. The number of imidazole rings is 1. The lowest BCUT2D eigenvalue weighted by atomic mass is 9.96. The van der Waals surface area contributed by atoms with E-state index in [-0.39, 0.29) is 11.9 Å². The zero-order chi connectivity index (χ0) is 19.0. The zero-order valence-corrected chi connectivity index (χ0v) is 15.9. The Morgan fingerprint density at radius 2 is 2.22 bits per heavy atom. The summed E-state index contributed by atoms with van der Waals surface area (Å²) in [6.07, 6.45) is 7.24. The van der Waals surface area contributed by atoms with Crippen LogP contribution >= 0.6 is 0 Å². The van der Waals surface area contributed by atoms with E-state index in [4.69, 9.17) is 0 Å². The number of aromatic nitrogens is 5. The summed E-state index contributed by atoms with van der Waals surface area (Å²) in [6.45, 7) is 4.73. The molecular formula is C20H24N6O. The first kappa shape index (κ1) is 17.5. The molecule has 1 N–H and O–H groups in total. The molecule has 3 aromatic rings. The molecule has 0 aromatic carbocycles. The molecule has 140 valence electrons. The number of carbonyl (C=O) groups excluding carboxylic acids is 1. The van der Waals surface area contributed by atoms with Crippen molar-refractivity contribution in [2.45, 2.75) is 39.2 Å². The van der Waals surface area contributed by atoms with E-state index in [1.165, 1.54) is 5.56 Å². The van der Waals surface area contributed by atoms with Crippen LogP contribution in [0.25, 0.3) is 0 Å². The van der Waals surface area contributed by atoms with Crippen molar-refractivity contribution in [2.75, 3.05) is 6.54 Å². The number of carbonyl (C=O) groups is 1. The maximum absolute atomic E-state index is 13.2. The minimum absolute atomic E-state index is 0.139. The van der Waals surface area contributed by atoms with Crippen molar-refractivity contribution in [1.29, 1.82) is 0 Å². The van der Waals surface area contributed by atoms with E-state index < -0.39 is 0 Å². The first-order valence-corrected chi connectivity index (χ1v) is 9.27. The summed E-state index contributed by atoms with van der Waals surface area (Å²) in [5.74, 6) is 0.139. The highest BCUT2D eigenvalue weighted by Crippen LogP contribution is 2.33.